The lowest BCUT2D eigenvalue weighted by atomic mass is 9.93. The molecule has 0 saturated carbocycles. The van der Waals surface area contributed by atoms with E-state index in [1.165, 1.54) is 0 Å². The largest absolute Gasteiger partial charge is 0.378 e. The molecule has 1 amide bonds. The molecular formula is C25H28ClN3O2. The number of aromatic nitrogens is 1. The number of ether oxygens (including phenoxy) is 1. The SMILES string of the molecule is C=CCCN1C=C(C2=CCC(C(=O)N3CCOCC3)=C(Cl)C=C2)c2cc(C)[nH]c2C1=C. The molecule has 6 heteroatoms. The van der Waals surface area contributed by atoms with Crippen LogP contribution < -0.4 is 0 Å². The van der Waals surface area contributed by atoms with Crippen molar-refractivity contribution < 1.29 is 9.53 Å². The van der Waals surface area contributed by atoms with E-state index in [1.54, 1.807) is 0 Å². The summed E-state index contributed by atoms with van der Waals surface area (Å²) in [6, 6.07) is 2.14. The lowest BCUT2D eigenvalue weighted by Crippen LogP contribution is -2.41. The van der Waals surface area contributed by atoms with Crippen LogP contribution in [0.3, 0.4) is 0 Å². The number of nitrogens with zero attached hydrogens (tertiary/aromatic N) is 2. The fourth-order valence-electron chi connectivity index (χ4n) is 4.12. The normalized spacial score (nSPS) is 19.1. The Kier molecular flexibility index (Phi) is 6.35. The first-order chi connectivity index (χ1) is 15.0. The summed E-state index contributed by atoms with van der Waals surface area (Å²) < 4.78 is 5.37. The third-order valence-corrected chi connectivity index (χ3v) is 6.18. The minimum Gasteiger partial charge on any atom is -0.378 e. The molecule has 3 aliphatic rings. The highest BCUT2D eigenvalue weighted by atomic mass is 35.5. The van der Waals surface area contributed by atoms with Gasteiger partial charge in [-0.15, -0.1) is 6.58 Å². The number of morpholine rings is 1. The summed E-state index contributed by atoms with van der Waals surface area (Å²) in [4.78, 5) is 20.5. The van der Waals surface area contributed by atoms with Crippen LogP contribution in [0.15, 0.2) is 65.9 Å². The van der Waals surface area contributed by atoms with Crippen molar-refractivity contribution in [3.8, 4) is 0 Å². The Hall–Kier alpha value is -2.76. The van der Waals surface area contributed by atoms with Crippen molar-refractivity contribution >= 4 is 28.8 Å². The van der Waals surface area contributed by atoms with Gasteiger partial charge >= 0.3 is 0 Å². The number of nitrogens with one attached hydrogen (secondary N) is 1. The van der Waals surface area contributed by atoms with Crippen LogP contribution in [0.25, 0.3) is 11.3 Å². The number of fused-ring (bicyclic) bond motifs is 1. The topological polar surface area (TPSA) is 48.6 Å². The lowest BCUT2D eigenvalue weighted by Gasteiger charge is -2.29. The first-order valence-corrected chi connectivity index (χ1v) is 11.0. The smallest absolute Gasteiger partial charge is 0.251 e. The quantitative estimate of drug-likeness (QED) is 0.675. The number of halogens is 1. The predicted molar refractivity (Wildman–Crippen MR) is 126 cm³/mol. The summed E-state index contributed by atoms with van der Waals surface area (Å²) >= 11 is 6.55. The van der Waals surface area contributed by atoms with E-state index in [-0.39, 0.29) is 5.91 Å². The van der Waals surface area contributed by atoms with Gasteiger partial charge in [0, 0.05) is 53.3 Å². The molecule has 0 radical (unpaired) electrons. The lowest BCUT2D eigenvalue weighted by molar-refractivity contribution is -0.131. The van der Waals surface area contributed by atoms with Crippen LogP contribution >= 0.6 is 11.6 Å². The molecule has 1 fully saturated rings. The minimum absolute atomic E-state index is 0.00719. The van der Waals surface area contributed by atoms with Crippen LogP contribution in [0.4, 0.5) is 0 Å². The molecule has 1 aromatic heterocycles. The molecule has 1 N–H and O–H groups in total. The monoisotopic (exact) mass is 437 g/mol. The summed E-state index contributed by atoms with van der Waals surface area (Å²) in [5.41, 5.74) is 6.94. The molecule has 1 saturated heterocycles. The van der Waals surface area contributed by atoms with Crippen molar-refractivity contribution in [1.29, 1.82) is 0 Å². The second-order valence-electron chi connectivity index (χ2n) is 7.93. The number of rotatable bonds is 5. The van der Waals surface area contributed by atoms with E-state index in [1.807, 2.05) is 30.1 Å². The molecule has 1 aliphatic carbocycles. The van der Waals surface area contributed by atoms with Gasteiger partial charge < -0.3 is 19.5 Å². The van der Waals surface area contributed by atoms with Gasteiger partial charge in [0.15, 0.2) is 0 Å². The average Bonchev–Trinajstić information content (AvgIpc) is 3.07. The highest BCUT2D eigenvalue weighted by Gasteiger charge is 2.26. The number of amides is 1. The highest BCUT2D eigenvalue weighted by molar-refractivity contribution is 6.33. The zero-order valence-electron chi connectivity index (χ0n) is 17.9. The van der Waals surface area contributed by atoms with Gasteiger partial charge in [-0.3, -0.25) is 4.79 Å². The third-order valence-electron chi connectivity index (χ3n) is 5.83. The molecule has 4 rings (SSSR count). The van der Waals surface area contributed by atoms with Crippen molar-refractivity contribution in [3.63, 3.8) is 0 Å². The van der Waals surface area contributed by atoms with E-state index in [2.05, 4.69) is 41.4 Å². The van der Waals surface area contributed by atoms with E-state index in [4.69, 9.17) is 16.3 Å². The van der Waals surface area contributed by atoms with E-state index < -0.39 is 0 Å². The molecule has 0 spiro atoms. The van der Waals surface area contributed by atoms with Crippen LogP contribution in [0.1, 0.15) is 29.8 Å². The molecule has 0 unspecified atom stereocenters. The maximum Gasteiger partial charge on any atom is 0.251 e. The Bertz CT molecular complexity index is 1040. The fraction of sp³-hybridized carbons (Fsp3) is 0.320. The van der Waals surface area contributed by atoms with Crippen molar-refractivity contribution in [3.05, 3.63) is 82.9 Å². The first-order valence-electron chi connectivity index (χ1n) is 10.6. The van der Waals surface area contributed by atoms with Crippen LogP contribution in [-0.2, 0) is 9.53 Å². The van der Waals surface area contributed by atoms with E-state index in [9.17, 15) is 4.79 Å². The van der Waals surface area contributed by atoms with Gasteiger partial charge in [-0.1, -0.05) is 36.4 Å². The van der Waals surface area contributed by atoms with Gasteiger partial charge in [-0.25, -0.2) is 0 Å². The number of hydrogen-bond acceptors (Lipinski definition) is 3. The summed E-state index contributed by atoms with van der Waals surface area (Å²) in [7, 11) is 0. The standard InChI is InChI=1S/C25H28ClN3O2/c1-4-5-10-29-16-22(21-15-17(2)27-24(21)18(29)3)19-6-8-20(23(26)9-7-19)25(30)28-11-13-31-14-12-28/h4,6-7,9,15-16,27H,1,3,5,8,10-14H2,2H3. The molecule has 1 aromatic rings. The molecule has 0 aromatic carbocycles. The van der Waals surface area contributed by atoms with Gasteiger partial charge in [0.1, 0.15) is 0 Å². The van der Waals surface area contributed by atoms with E-state index in [0.717, 1.165) is 46.8 Å². The Morgan fingerprint density at radius 1 is 1.32 bits per heavy atom. The van der Waals surface area contributed by atoms with Crippen LogP contribution in [0, 0.1) is 6.92 Å². The Morgan fingerprint density at radius 2 is 2.10 bits per heavy atom. The number of allylic oxidation sites excluding steroid dienone is 6. The fourth-order valence-corrected chi connectivity index (χ4v) is 4.34. The number of aromatic amines is 1. The Labute approximate surface area is 188 Å². The summed E-state index contributed by atoms with van der Waals surface area (Å²) in [5, 5.41) is 0.498. The van der Waals surface area contributed by atoms with Crippen molar-refractivity contribution in [2.45, 2.75) is 19.8 Å². The highest BCUT2D eigenvalue weighted by Crippen LogP contribution is 2.39. The van der Waals surface area contributed by atoms with Crippen LogP contribution in [0.2, 0.25) is 0 Å². The molecule has 0 bridgehead atoms. The summed E-state index contributed by atoms with van der Waals surface area (Å²) in [5.74, 6) is -0.00719. The first kappa shape index (κ1) is 21.5. The Balaban J connectivity index is 1.65. The van der Waals surface area contributed by atoms with Crippen molar-refractivity contribution in [1.82, 2.24) is 14.8 Å². The number of H-pyrrole nitrogens is 1. The molecule has 31 heavy (non-hydrogen) atoms. The number of aryl methyl sites for hydroxylation is 1. The number of hydrogen-bond donors (Lipinski definition) is 1. The van der Waals surface area contributed by atoms with Gasteiger partial charge in [-0.05, 0) is 37.5 Å². The zero-order valence-corrected chi connectivity index (χ0v) is 18.7. The molecule has 5 nitrogen and oxygen atoms in total. The minimum atomic E-state index is -0.00719. The van der Waals surface area contributed by atoms with Gasteiger partial charge in [-0.2, -0.15) is 0 Å². The van der Waals surface area contributed by atoms with Gasteiger partial charge in [0.2, 0.25) is 0 Å². The second kappa shape index (κ2) is 9.16. The molecule has 3 heterocycles. The molecule has 2 aliphatic heterocycles. The van der Waals surface area contributed by atoms with Crippen LogP contribution in [0.5, 0.6) is 0 Å². The number of carbonyl (C=O) groups is 1. The Morgan fingerprint density at radius 3 is 2.84 bits per heavy atom. The second-order valence-corrected chi connectivity index (χ2v) is 8.34. The van der Waals surface area contributed by atoms with E-state index >= 15 is 0 Å². The number of carbonyl (C=O) groups excluding carboxylic acids is 1. The zero-order chi connectivity index (χ0) is 22.0. The molecule has 0 atom stereocenters. The predicted octanol–water partition coefficient (Wildman–Crippen LogP) is 4.76. The maximum atomic E-state index is 13.0. The van der Waals surface area contributed by atoms with Crippen molar-refractivity contribution in [2.75, 3.05) is 32.8 Å². The maximum absolute atomic E-state index is 13.0. The third kappa shape index (κ3) is 4.34. The summed E-state index contributed by atoms with van der Waals surface area (Å²) in [6.07, 6.45) is 11.3. The molecular weight excluding hydrogens is 410 g/mol. The van der Waals surface area contributed by atoms with Crippen molar-refractivity contribution in [2.24, 2.45) is 0 Å². The van der Waals surface area contributed by atoms with Gasteiger partial charge in [0.25, 0.3) is 5.91 Å². The van der Waals surface area contributed by atoms with E-state index in [0.29, 0.717) is 43.3 Å². The van der Waals surface area contributed by atoms with Crippen LogP contribution in [-0.4, -0.2) is 53.5 Å². The average molecular weight is 438 g/mol. The van der Waals surface area contributed by atoms with Gasteiger partial charge in [0.05, 0.1) is 24.6 Å². The molecule has 162 valence electrons. The summed E-state index contributed by atoms with van der Waals surface area (Å²) in [6.45, 7) is 13.3.